The first kappa shape index (κ1) is 18.9. The zero-order chi connectivity index (χ0) is 20.8. The van der Waals surface area contributed by atoms with Crippen molar-refractivity contribution in [2.75, 3.05) is 5.73 Å². The molecule has 2 heterocycles. The maximum Gasteiger partial charge on any atom is 0.360 e. The average Bonchev–Trinajstić information content (AvgIpc) is 3.28. The van der Waals surface area contributed by atoms with E-state index in [1.165, 1.54) is 24.5 Å². The Morgan fingerprint density at radius 1 is 1.17 bits per heavy atom. The molecule has 9 nitrogen and oxygen atoms in total. The number of benzene rings is 2. The number of hydrogen-bond acceptors (Lipinski definition) is 5. The second kappa shape index (κ2) is 6.89. The molecule has 29 heavy (non-hydrogen) atoms. The number of anilines is 1. The van der Waals surface area contributed by atoms with Crippen LogP contribution >= 0.6 is 7.60 Å². The summed E-state index contributed by atoms with van der Waals surface area (Å²) in [4.78, 5) is 35.1. The number of carboxylic acids is 1. The van der Waals surface area contributed by atoms with Gasteiger partial charge >= 0.3 is 13.6 Å². The van der Waals surface area contributed by atoms with Crippen LogP contribution in [0.15, 0.2) is 59.2 Å². The maximum absolute atomic E-state index is 11.9. The number of nitrogens with two attached hydrogens (primary N) is 1. The number of carbonyl (C=O) groups is 1. The van der Waals surface area contributed by atoms with Crippen molar-refractivity contribution in [3.63, 3.8) is 0 Å². The van der Waals surface area contributed by atoms with Crippen LogP contribution in [0.25, 0.3) is 22.6 Å². The van der Waals surface area contributed by atoms with Gasteiger partial charge in [0.2, 0.25) is 0 Å². The van der Waals surface area contributed by atoms with Gasteiger partial charge in [0, 0.05) is 6.54 Å². The molecule has 0 saturated heterocycles. The van der Waals surface area contributed by atoms with Crippen molar-refractivity contribution in [1.82, 2.24) is 9.55 Å². The Hall–Kier alpha value is -3.39. The summed E-state index contributed by atoms with van der Waals surface area (Å²) < 4.78 is 18.9. The lowest BCUT2D eigenvalue weighted by Crippen LogP contribution is -2.09. The number of imidazole rings is 1. The fraction of sp³-hybridized carbons (Fsp3) is 0.0526. The Morgan fingerprint density at radius 3 is 2.66 bits per heavy atom. The lowest BCUT2D eigenvalue weighted by molar-refractivity contribution is 0.0696. The number of aromatic carboxylic acids is 1. The van der Waals surface area contributed by atoms with Crippen molar-refractivity contribution in [3.05, 3.63) is 65.9 Å². The number of para-hydroxylation sites is 1. The Morgan fingerprint density at radius 2 is 1.93 bits per heavy atom. The van der Waals surface area contributed by atoms with E-state index < -0.39 is 13.6 Å². The van der Waals surface area contributed by atoms with Gasteiger partial charge < -0.3 is 29.6 Å². The third kappa shape index (κ3) is 3.42. The van der Waals surface area contributed by atoms with E-state index in [9.17, 15) is 24.3 Å². The van der Waals surface area contributed by atoms with Gasteiger partial charge in [0.05, 0.1) is 23.0 Å². The predicted octanol–water partition coefficient (Wildman–Crippen LogP) is 2.43. The summed E-state index contributed by atoms with van der Waals surface area (Å²) in [5, 5.41) is 8.95. The number of furan rings is 1. The highest BCUT2D eigenvalue weighted by molar-refractivity contribution is 7.60. The highest BCUT2D eigenvalue weighted by Gasteiger charge is 2.29. The summed E-state index contributed by atoms with van der Waals surface area (Å²) in [5.74, 6) is -0.938. The van der Waals surface area contributed by atoms with Crippen LogP contribution in [0.5, 0.6) is 0 Å². The first-order chi connectivity index (χ1) is 13.8. The van der Waals surface area contributed by atoms with Crippen LogP contribution in [0.4, 0.5) is 5.69 Å². The molecule has 0 radical (unpaired) electrons. The smallest absolute Gasteiger partial charge is 0.360 e. The van der Waals surface area contributed by atoms with E-state index in [4.69, 9.17) is 10.2 Å². The standard InChI is InChI=1S/C19H16N3O6P/c20-13-5-2-6-14-16(13)21-18(17-15(7-8-28-17)29(25,26)27)22(14)10-11-3-1-4-12(9-11)19(23)24/h1-9H,10,20H2,(H,23,24)(H2,25,26,27). The van der Waals surface area contributed by atoms with Crippen LogP contribution in [-0.2, 0) is 11.1 Å². The minimum Gasteiger partial charge on any atom is -0.478 e. The molecule has 4 rings (SSSR count). The van der Waals surface area contributed by atoms with Crippen LogP contribution in [0.3, 0.4) is 0 Å². The van der Waals surface area contributed by atoms with Crippen molar-refractivity contribution in [1.29, 1.82) is 0 Å². The predicted molar refractivity (Wildman–Crippen MR) is 106 cm³/mol. The lowest BCUT2D eigenvalue weighted by atomic mass is 10.1. The minimum atomic E-state index is -4.61. The quantitative estimate of drug-likeness (QED) is 0.288. The molecule has 0 bridgehead atoms. The third-order valence-corrected chi connectivity index (χ3v) is 5.47. The highest BCUT2D eigenvalue weighted by atomic mass is 31.2. The molecule has 0 fully saturated rings. The van der Waals surface area contributed by atoms with E-state index in [0.29, 0.717) is 22.3 Å². The summed E-state index contributed by atoms with van der Waals surface area (Å²) in [7, 11) is -4.61. The molecule has 5 N–H and O–H groups in total. The van der Waals surface area contributed by atoms with Crippen LogP contribution in [-0.4, -0.2) is 30.4 Å². The Balaban J connectivity index is 1.94. The molecule has 2 aromatic carbocycles. The topological polar surface area (TPSA) is 152 Å². The Labute approximate surface area is 164 Å². The Bertz CT molecular complexity index is 1290. The van der Waals surface area contributed by atoms with E-state index in [-0.39, 0.29) is 29.0 Å². The van der Waals surface area contributed by atoms with Crippen molar-refractivity contribution in [2.45, 2.75) is 6.54 Å². The zero-order valence-electron chi connectivity index (χ0n) is 14.9. The van der Waals surface area contributed by atoms with Crippen molar-refractivity contribution in [2.24, 2.45) is 0 Å². The van der Waals surface area contributed by atoms with Crippen LogP contribution in [0.2, 0.25) is 0 Å². The van der Waals surface area contributed by atoms with Gasteiger partial charge in [0.1, 0.15) is 10.8 Å². The largest absolute Gasteiger partial charge is 0.478 e. The van der Waals surface area contributed by atoms with Gasteiger partial charge in [-0.2, -0.15) is 0 Å². The third-order valence-electron chi connectivity index (χ3n) is 4.49. The first-order valence-corrected chi connectivity index (χ1v) is 10.1. The highest BCUT2D eigenvalue weighted by Crippen LogP contribution is 2.39. The summed E-state index contributed by atoms with van der Waals surface area (Å²) >= 11 is 0. The summed E-state index contributed by atoms with van der Waals surface area (Å²) in [6.45, 7) is 0.192. The van der Waals surface area contributed by atoms with Crippen molar-refractivity contribution >= 4 is 35.6 Å². The second-order valence-corrected chi connectivity index (χ2v) is 7.99. The van der Waals surface area contributed by atoms with Crippen molar-refractivity contribution < 1.29 is 28.7 Å². The number of nitrogen functional groups attached to an aromatic ring is 1. The monoisotopic (exact) mass is 413 g/mol. The number of fused-ring (bicyclic) bond motifs is 1. The normalized spacial score (nSPS) is 11.8. The zero-order valence-corrected chi connectivity index (χ0v) is 15.8. The molecule has 0 aliphatic rings. The van der Waals surface area contributed by atoms with E-state index in [0.717, 1.165) is 0 Å². The van der Waals surface area contributed by atoms with Crippen LogP contribution in [0.1, 0.15) is 15.9 Å². The molecule has 0 aliphatic carbocycles. The molecule has 0 saturated carbocycles. The number of hydrogen-bond donors (Lipinski definition) is 4. The second-order valence-electron chi connectivity index (χ2n) is 6.42. The summed E-state index contributed by atoms with van der Waals surface area (Å²) in [6.07, 6.45) is 1.18. The molecular weight excluding hydrogens is 397 g/mol. The van der Waals surface area contributed by atoms with Gasteiger partial charge in [-0.3, -0.25) is 4.57 Å². The van der Waals surface area contributed by atoms with Gasteiger partial charge in [0.15, 0.2) is 11.6 Å². The maximum atomic E-state index is 11.9. The first-order valence-electron chi connectivity index (χ1n) is 8.46. The molecule has 2 aromatic heterocycles. The molecule has 0 unspecified atom stereocenters. The van der Waals surface area contributed by atoms with Gasteiger partial charge in [-0.15, -0.1) is 0 Å². The number of rotatable bonds is 5. The fourth-order valence-corrected chi connectivity index (χ4v) is 3.86. The van der Waals surface area contributed by atoms with Crippen molar-refractivity contribution in [3.8, 4) is 11.6 Å². The number of nitrogens with zero attached hydrogens (tertiary/aromatic N) is 2. The average molecular weight is 413 g/mol. The fourth-order valence-electron chi connectivity index (χ4n) is 3.19. The van der Waals surface area contributed by atoms with Gasteiger partial charge in [-0.25, -0.2) is 9.78 Å². The summed E-state index contributed by atoms with van der Waals surface area (Å²) in [5.41, 5.74) is 8.29. The molecule has 0 spiro atoms. The Kier molecular flexibility index (Phi) is 4.50. The molecule has 0 aliphatic heterocycles. The van der Waals surface area contributed by atoms with E-state index >= 15 is 0 Å². The van der Waals surface area contributed by atoms with E-state index in [1.54, 1.807) is 34.9 Å². The minimum absolute atomic E-state index is 0.0664. The molecule has 0 amide bonds. The molecule has 0 atom stereocenters. The molecule has 4 aromatic rings. The molecule has 148 valence electrons. The van der Waals surface area contributed by atoms with E-state index in [2.05, 4.69) is 4.98 Å². The van der Waals surface area contributed by atoms with Gasteiger partial charge in [-0.1, -0.05) is 18.2 Å². The van der Waals surface area contributed by atoms with Crippen LogP contribution < -0.4 is 11.0 Å². The van der Waals surface area contributed by atoms with Crippen LogP contribution in [0, 0.1) is 0 Å². The molecular formula is C19H16N3O6P. The summed E-state index contributed by atoms with van der Waals surface area (Å²) in [6, 6.07) is 12.8. The SMILES string of the molecule is Nc1cccc2c1nc(-c1occc1P(=O)(O)O)n2Cc1cccc(C(=O)O)c1. The number of aromatic nitrogens is 2. The van der Waals surface area contributed by atoms with Gasteiger partial charge in [0.25, 0.3) is 0 Å². The molecule has 10 heteroatoms. The lowest BCUT2D eigenvalue weighted by Gasteiger charge is -2.10. The number of carboxylic acid groups (broad SMARTS) is 1. The van der Waals surface area contributed by atoms with Gasteiger partial charge in [-0.05, 0) is 35.9 Å². The van der Waals surface area contributed by atoms with E-state index in [1.807, 2.05) is 0 Å².